The largest absolute Gasteiger partial charge is 0.497 e. The Hall–Kier alpha value is -0.630. The van der Waals surface area contributed by atoms with Gasteiger partial charge in [-0.3, -0.25) is 4.99 Å². The maximum absolute atomic E-state index is 5.89. The third-order valence-electron chi connectivity index (χ3n) is 3.10. The van der Waals surface area contributed by atoms with E-state index < -0.39 is 0 Å². The summed E-state index contributed by atoms with van der Waals surface area (Å²) in [5.41, 5.74) is 6.82. The van der Waals surface area contributed by atoms with E-state index >= 15 is 0 Å². The van der Waals surface area contributed by atoms with Gasteiger partial charge in [0.15, 0.2) is 5.96 Å². The van der Waals surface area contributed by atoms with Crippen molar-refractivity contribution in [1.82, 2.24) is 0 Å². The van der Waals surface area contributed by atoms with E-state index in [0.29, 0.717) is 11.2 Å². The molecule has 1 fully saturated rings. The number of anilines is 1. The molecule has 2 rings (SSSR count). The van der Waals surface area contributed by atoms with Crippen LogP contribution in [-0.4, -0.2) is 30.6 Å². The molecule has 1 heterocycles. The molecule has 4 nitrogen and oxygen atoms in total. The zero-order valence-electron chi connectivity index (χ0n) is 11.7. The van der Waals surface area contributed by atoms with E-state index in [0.717, 1.165) is 18.0 Å². The zero-order valence-corrected chi connectivity index (χ0v) is 14.8. The first-order chi connectivity index (χ1) is 9.28. The minimum Gasteiger partial charge on any atom is -0.497 e. The molecule has 0 saturated carbocycles. The molecular weight excluding hydrogens is 385 g/mol. The molecule has 1 atom stereocenters. The molecule has 112 valence electrons. The Labute approximate surface area is 142 Å². The van der Waals surface area contributed by atoms with Gasteiger partial charge in [-0.25, -0.2) is 0 Å². The molecular formula is C14H22IN3OS. The van der Waals surface area contributed by atoms with Crippen molar-refractivity contribution < 1.29 is 4.74 Å². The molecule has 3 N–H and O–H groups in total. The fraction of sp³-hybridized carbons (Fsp3) is 0.500. The van der Waals surface area contributed by atoms with Gasteiger partial charge in [-0.1, -0.05) is 6.42 Å². The highest BCUT2D eigenvalue weighted by Gasteiger charge is 2.13. The van der Waals surface area contributed by atoms with Crippen LogP contribution in [0.2, 0.25) is 0 Å². The maximum Gasteiger partial charge on any atom is 0.193 e. The van der Waals surface area contributed by atoms with Crippen LogP contribution in [0.25, 0.3) is 0 Å². The van der Waals surface area contributed by atoms with Crippen LogP contribution in [0.1, 0.15) is 19.3 Å². The number of halogens is 1. The van der Waals surface area contributed by atoms with Crippen LogP contribution in [0.5, 0.6) is 5.75 Å². The molecule has 0 bridgehead atoms. The number of nitrogens with two attached hydrogens (primary N) is 1. The number of rotatable bonds is 4. The Morgan fingerprint density at radius 2 is 2.15 bits per heavy atom. The van der Waals surface area contributed by atoms with Crippen molar-refractivity contribution in [2.75, 3.05) is 24.7 Å². The van der Waals surface area contributed by atoms with Crippen molar-refractivity contribution in [3.8, 4) is 5.75 Å². The van der Waals surface area contributed by atoms with Crippen molar-refractivity contribution in [2.24, 2.45) is 10.7 Å². The molecule has 0 aromatic heterocycles. The standard InChI is InChI=1S/C14H21N3OS.HI/c1-18-12-7-5-11(6-8-12)17-14(15)16-10-13-4-2-3-9-19-13;/h5-8,13H,2-4,9-10H2,1H3,(H3,15,16,17);1H. The van der Waals surface area contributed by atoms with Gasteiger partial charge in [0.1, 0.15) is 5.75 Å². The minimum absolute atomic E-state index is 0. The van der Waals surface area contributed by atoms with Crippen LogP contribution in [0, 0.1) is 0 Å². The minimum atomic E-state index is 0. The van der Waals surface area contributed by atoms with Gasteiger partial charge in [0.05, 0.1) is 13.7 Å². The Morgan fingerprint density at radius 3 is 2.75 bits per heavy atom. The highest BCUT2D eigenvalue weighted by molar-refractivity contribution is 14.0. The van der Waals surface area contributed by atoms with Gasteiger partial charge in [-0.05, 0) is 42.9 Å². The van der Waals surface area contributed by atoms with Gasteiger partial charge in [0, 0.05) is 10.9 Å². The smallest absolute Gasteiger partial charge is 0.193 e. The number of ether oxygens (including phenoxy) is 1. The van der Waals surface area contributed by atoms with E-state index in [-0.39, 0.29) is 24.0 Å². The van der Waals surface area contributed by atoms with Crippen molar-refractivity contribution >= 4 is 47.4 Å². The summed E-state index contributed by atoms with van der Waals surface area (Å²) >= 11 is 2.01. The van der Waals surface area contributed by atoms with Crippen LogP contribution >= 0.6 is 35.7 Å². The highest BCUT2D eigenvalue weighted by atomic mass is 127. The lowest BCUT2D eigenvalue weighted by atomic mass is 10.2. The van der Waals surface area contributed by atoms with Gasteiger partial charge in [-0.15, -0.1) is 24.0 Å². The second-order valence-electron chi connectivity index (χ2n) is 4.57. The Kier molecular flexibility index (Phi) is 8.13. The Balaban J connectivity index is 0.00000200. The molecule has 1 aromatic carbocycles. The fourth-order valence-electron chi connectivity index (χ4n) is 2.01. The molecule has 20 heavy (non-hydrogen) atoms. The second-order valence-corrected chi connectivity index (χ2v) is 5.98. The van der Waals surface area contributed by atoms with Crippen molar-refractivity contribution in [3.05, 3.63) is 24.3 Å². The summed E-state index contributed by atoms with van der Waals surface area (Å²) in [4.78, 5) is 4.42. The lowest BCUT2D eigenvalue weighted by molar-refractivity contribution is 0.415. The SMILES string of the molecule is COc1ccc(NC(N)=NCC2CCCCS2)cc1.I. The van der Waals surface area contributed by atoms with Crippen LogP contribution in [0.3, 0.4) is 0 Å². The number of hydrogen-bond acceptors (Lipinski definition) is 3. The van der Waals surface area contributed by atoms with Crippen molar-refractivity contribution in [1.29, 1.82) is 0 Å². The van der Waals surface area contributed by atoms with E-state index in [1.54, 1.807) is 7.11 Å². The third kappa shape index (κ3) is 5.78. The van der Waals surface area contributed by atoms with Crippen molar-refractivity contribution in [3.63, 3.8) is 0 Å². The van der Waals surface area contributed by atoms with E-state index in [2.05, 4.69) is 10.3 Å². The summed E-state index contributed by atoms with van der Waals surface area (Å²) in [6, 6.07) is 7.65. The highest BCUT2D eigenvalue weighted by Crippen LogP contribution is 2.25. The third-order valence-corrected chi connectivity index (χ3v) is 4.48. The number of nitrogens with one attached hydrogen (secondary N) is 1. The number of aliphatic imine (C=N–C) groups is 1. The summed E-state index contributed by atoms with van der Waals surface area (Å²) in [5, 5.41) is 3.73. The molecule has 0 spiro atoms. The maximum atomic E-state index is 5.89. The molecule has 1 aliphatic rings. The zero-order chi connectivity index (χ0) is 13.5. The first-order valence-corrected chi connectivity index (χ1v) is 7.65. The second kappa shape index (κ2) is 9.33. The Bertz CT molecular complexity index is 419. The van der Waals surface area contributed by atoms with E-state index in [9.17, 15) is 0 Å². The number of nitrogens with zero attached hydrogens (tertiary/aromatic N) is 1. The van der Waals surface area contributed by atoms with Crippen LogP contribution in [-0.2, 0) is 0 Å². The lowest BCUT2D eigenvalue weighted by Gasteiger charge is -2.19. The van der Waals surface area contributed by atoms with E-state index in [4.69, 9.17) is 10.5 Å². The summed E-state index contributed by atoms with van der Waals surface area (Å²) in [5.74, 6) is 2.57. The van der Waals surface area contributed by atoms with Gasteiger partial charge in [-0.2, -0.15) is 11.8 Å². The molecule has 6 heteroatoms. The predicted molar refractivity (Wildman–Crippen MR) is 98.6 cm³/mol. The van der Waals surface area contributed by atoms with E-state index in [1.165, 1.54) is 25.0 Å². The summed E-state index contributed by atoms with van der Waals surface area (Å²) in [6.45, 7) is 0.805. The van der Waals surface area contributed by atoms with Crippen molar-refractivity contribution in [2.45, 2.75) is 24.5 Å². The van der Waals surface area contributed by atoms with Gasteiger partial charge < -0.3 is 15.8 Å². The average Bonchev–Trinajstić information content (AvgIpc) is 2.47. The number of guanidine groups is 1. The summed E-state index contributed by atoms with van der Waals surface area (Å²) < 4.78 is 5.11. The lowest BCUT2D eigenvalue weighted by Crippen LogP contribution is -2.24. The van der Waals surface area contributed by atoms with Crippen LogP contribution in [0.4, 0.5) is 5.69 Å². The first kappa shape index (κ1) is 17.4. The quantitative estimate of drug-likeness (QED) is 0.457. The molecule has 1 aromatic rings. The molecule has 0 radical (unpaired) electrons. The summed E-state index contributed by atoms with van der Waals surface area (Å²) in [7, 11) is 1.65. The average molecular weight is 407 g/mol. The van der Waals surface area contributed by atoms with Crippen LogP contribution in [0.15, 0.2) is 29.3 Å². The van der Waals surface area contributed by atoms with Gasteiger partial charge in [0.2, 0.25) is 0 Å². The summed E-state index contributed by atoms with van der Waals surface area (Å²) in [6.07, 6.45) is 3.91. The molecule has 1 saturated heterocycles. The molecule has 0 aliphatic carbocycles. The van der Waals surface area contributed by atoms with Gasteiger partial charge in [0.25, 0.3) is 0 Å². The monoisotopic (exact) mass is 407 g/mol. The number of benzene rings is 1. The topological polar surface area (TPSA) is 59.6 Å². The van der Waals surface area contributed by atoms with Gasteiger partial charge >= 0.3 is 0 Å². The number of methoxy groups -OCH3 is 1. The molecule has 1 unspecified atom stereocenters. The first-order valence-electron chi connectivity index (χ1n) is 6.60. The normalized spacial score (nSPS) is 19.1. The number of thioether (sulfide) groups is 1. The van der Waals surface area contributed by atoms with E-state index in [1.807, 2.05) is 36.0 Å². The predicted octanol–water partition coefficient (Wildman–Crippen LogP) is 3.33. The molecule has 1 aliphatic heterocycles. The molecule has 0 amide bonds. The fourth-order valence-corrected chi connectivity index (χ4v) is 3.23. The van der Waals surface area contributed by atoms with Crippen LogP contribution < -0.4 is 15.8 Å². The Morgan fingerprint density at radius 1 is 1.40 bits per heavy atom. The number of hydrogen-bond donors (Lipinski definition) is 2.